The molecule has 1 saturated carbocycles. The fraction of sp³-hybridized carbons (Fsp3) is 0.682. The average Bonchev–Trinajstić information content (AvgIpc) is 2.75. The van der Waals surface area contributed by atoms with Gasteiger partial charge < -0.3 is 15.2 Å². The van der Waals surface area contributed by atoms with E-state index in [1.165, 1.54) is 6.42 Å². The highest BCUT2D eigenvalue weighted by molar-refractivity contribution is 7.89. The maximum absolute atomic E-state index is 12.5. The molecule has 0 aromatic heterocycles. The van der Waals surface area contributed by atoms with Crippen molar-refractivity contribution in [2.24, 2.45) is 5.92 Å². The minimum atomic E-state index is -3.56. The van der Waals surface area contributed by atoms with E-state index in [0.29, 0.717) is 12.0 Å². The Morgan fingerprint density at radius 2 is 1.87 bits per heavy atom. The zero-order chi connectivity index (χ0) is 21.6. The first-order valence-corrected chi connectivity index (χ1v) is 12.5. The van der Waals surface area contributed by atoms with Gasteiger partial charge in [-0.25, -0.2) is 13.1 Å². The lowest BCUT2D eigenvalue weighted by atomic mass is 9.88. The van der Waals surface area contributed by atoms with Gasteiger partial charge in [0.05, 0.1) is 23.6 Å². The van der Waals surface area contributed by atoms with E-state index in [0.717, 1.165) is 38.5 Å². The van der Waals surface area contributed by atoms with Crippen LogP contribution >= 0.6 is 0 Å². The number of carbonyl (C=O) groups excluding carboxylic acids is 1. The van der Waals surface area contributed by atoms with Crippen LogP contribution in [-0.4, -0.2) is 50.8 Å². The number of hydrogen-bond acceptors (Lipinski definition) is 5. The first-order valence-electron chi connectivity index (χ1n) is 11.0. The van der Waals surface area contributed by atoms with Crippen LogP contribution in [-0.2, 0) is 19.6 Å². The van der Waals surface area contributed by atoms with Gasteiger partial charge in [0, 0.05) is 12.5 Å². The highest BCUT2D eigenvalue weighted by Gasteiger charge is 2.33. The summed E-state index contributed by atoms with van der Waals surface area (Å²) in [6.07, 6.45) is 6.63. The van der Waals surface area contributed by atoms with Gasteiger partial charge in [-0.15, -0.1) is 0 Å². The van der Waals surface area contributed by atoms with Gasteiger partial charge >= 0.3 is 0 Å². The molecule has 7 nitrogen and oxygen atoms in total. The molecule has 8 heteroatoms. The third kappa shape index (κ3) is 6.03. The van der Waals surface area contributed by atoms with E-state index in [9.17, 15) is 18.3 Å². The normalized spacial score (nSPS) is 25.7. The van der Waals surface area contributed by atoms with E-state index >= 15 is 0 Å². The number of benzene rings is 1. The van der Waals surface area contributed by atoms with Crippen LogP contribution in [0, 0.1) is 12.8 Å². The molecular formula is C22H34N2O5S. The summed E-state index contributed by atoms with van der Waals surface area (Å²) in [6, 6.07) is 6.69. The Morgan fingerprint density at radius 1 is 1.13 bits per heavy atom. The van der Waals surface area contributed by atoms with Crippen molar-refractivity contribution in [1.29, 1.82) is 0 Å². The second-order valence-corrected chi connectivity index (χ2v) is 10.2. The molecular weight excluding hydrogens is 404 g/mol. The molecule has 0 unspecified atom stereocenters. The van der Waals surface area contributed by atoms with E-state index in [2.05, 4.69) is 10.0 Å². The largest absolute Gasteiger partial charge is 0.394 e. The van der Waals surface area contributed by atoms with Crippen LogP contribution in [0.2, 0.25) is 0 Å². The topological polar surface area (TPSA) is 105 Å². The van der Waals surface area contributed by atoms with Gasteiger partial charge in [-0.2, -0.15) is 0 Å². The van der Waals surface area contributed by atoms with Gasteiger partial charge in [0.25, 0.3) is 0 Å². The Morgan fingerprint density at radius 3 is 2.57 bits per heavy atom. The van der Waals surface area contributed by atoms with E-state index in [4.69, 9.17) is 4.74 Å². The summed E-state index contributed by atoms with van der Waals surface area (Å²) in [7, 11) is -3.56. The quantitative estimate of drug-likeness (QED) is 0.578. The lowest BCUT2D eigenvalue weighted by molar-refractivity contribution is -0.132. The summed E-state index contributed by atoms with van der Waals surface area (Å²) in [5.41, 5.74) is 0.704. The molecule has 1 aliphatic heterocycles. The summed E-state index contributed by atoms with van der Waals surface area (Å²) in [5, 5.41) is 12.8. The molecule has 1 aromatic rings. The standard InChI is InChI=1S/C22H34N2O5S/c1-16-7-5-6-10-21(16)30(27,28)23-14-13-18-11-12-19(20(15-25)29-18)24-22(26)17-8-3-2-4-9-17/h5-7,10,17-20,23,25H,2-4,8-9,11-15H2,1H3,(H,24,26)/t18-,19-,20+/m1/s1. The fourth-order valence-corrected chi connectivity index (χ4v) is 5.76. The molecule has 168 valence electrons. The fourth-order valence-electron chi connectivity index (χ4n) is 4.46. The van der Waals surface area contributed by atoms with Crippen molar-refractivity contribution in [3.05, 3.63) is 29.8 Å². The van der Waals surface area contributed by atoms with Crippen molar-refractivity contribution < 1.29 is 23.1 Å². The number of nitrogens with one attached hydrogen (secondary N) is 2. The van der Waals surface area contributed by atoms with Crippen molar-refractivity contribution in [1.82, 2.24) is 10.0 Å². The van der Waals surface area contributed by atoms with Crippen molar-refractivity contribution in [2.75, 3.05) is 13.2 Å². The van der Waals surface area contributed by atoms with Crippen LogP contribution in [0.3, 0.4) is 0 Å². The second kappa shape index (κ2) is 10.7. The molecule has 30 heavy (non-hydrogen) atoms. The SMILES string of the molecule is Cc1ccccc1S(=O)(=O)NCC[C@H]1CC[C@@H](NC(=O)C2CCCCC2)[C@H](CO)O1. The van der Waals surface area contributed by atoms with E-state index in [-0.39, 0.29) is 42.0 Å². The Labute approximate surface area is 179 Å². The zero-order valence-corrected chi connectivity index (χ0v) is 18.5. The number of aliphatic hydroxyl groups is 1. The van der Waals surface area contributed by atoms with Crippen LogP contribution < -0.4 is 10.0 Å². The highest BCUT2D eigenvalue weighted by atomic mass is 32.2. The smallest absolute Gasteiger partial charge is 0.240 e. The Bertz CT molecular complexity index is 808. The molecule has 0 spiro atoms. The van der Waals surface area contributed by atoms with E-state index < -0.39 is 16.1 Å². The molecule has 1 aromatic carbocycles. The van der Waals surface area contributed by atoms with Gasteiger partial charge in [-0.1, -0.05) is 37.5 Å². The first kappa shape index (κ1) is 23.2. The molecule has 3 N–H and O–H groups in total. The lowest BCUT2D eigenvalue weighted by Gasteiger charge is -2.37. The number of amides is 1. The predicted octanol–water partition coefficient (Wildman–Crippen LogP) is 2.27. The lowest BCUT2D eigenvalue weighted by Crippen LogP contribution is -2.52. The molecule has 0 radical (unpaired) electrons. The van der Waals surface area contributed by atoms with Crippen LogP contribution in [0.25, 0.3) is 0 Å². The van der Waals surface area contributed by atoms with Crippen LogP contribution in [0.4, 0.5) is 0 Å². The van der Waals surface area contributed by atoms with Gasteiger partial charge in [-0.3, -0.25) is 4.79 Å². The van der Waals surface area contributed by atoms with Gasteiger partial charge in [0.2, 0.25) is 15.9 Å². The number of ether oxygens (including phenoxy) is 1. The third-order valence-corrected chi connectivity index (χ3v) is 7.86. The molecule has 1 amide bonds. The third-order valence-electron chi connectivity index (χ3n) is 6.24. The first-order chi connectivity index (χ1) is 14.4. The van der Waals surface area contributed by atoms with E-state index in [1.54, 1.807) is 25.1 Å². The molecule has 1 saturated heterocycles. The molecule has 3 rings (SSSR count). The minimum Gasteiger partial charge on any atom is -0.394 e. The van der Waals surface area contributed by atoms with Crippen LogP contribution in [0.15, 0.2) is 29.2 Å². The molecule has 1 aliphatic carbocycles. The van der Waals surface area contributed by atoms with Crippen molar-refractivity contribution in [3.8, 4) is 0 Å². The summed E-state index contributed by atoms with van der Waals surface area (Å²) < 4.78 is 33.6. The molecule has 0 bridgehead atoms. The summed E-state index contributed by atoms with van der Waals surface area (Å²) in [6.45, 7) is 1.87. The Balaban J connectivity index is 1.47. The maximum atomic E-state index is 12.5. The Hall–Kier alpha value is -1.48. The number of carbonyl (C=O) groups is 1. The van der Waals surface area contributed by atoms with Crippen molar-refractivity contribution in [3.63, 3.8) is 0 Å². The predicted molar refractivity (Wildman–Crippen MR) is 114 cm³/mol. The Kier molecular flexibility index (Phi) is 8.27. The summed E-state index contributed by atoms with van der Waals surface area (Å²) in [5.74, 6) is 0.151. The number of sulfonamides is 1. The van der Waals surface area contributed by atoms with Crippen LogP contribution in [0.1, 0.15) is 56.9 Å². The summed E-state index contributed by atoms with van der Waals surface area (Å²) >= 11 is 0. The number of aryl methyl sites for hydroxylation is 1. The number of aliphatic hydroxyl groups excluding tert-OH is 1. The summed E-state index contributed by atoms with van der Waals surface area (Å²) in [4.78, 5) is 12.8. The minimum absolute atomic E-state index is 0.0752. The maximum Gasteiger partial charge on any atom is 0.240 e. The highest BCUT2D eigenvalue weighted by Crippen LogP contribution is 2.26. The zero-order valence-electron chi connectivity index (χ0n) is 17.7. The molecule has 2 fully saturated rings. The van der Waals surface area contributed by atoms with Crippen molar-refractivity contribution >= 4 is 15.9 Å². The average molecular weight is 439 g/mol. The molecule has 3 atom stereocenters. The molecule has 2 aliphatic rings. The second-order valence-electron chi connectivity index (χ2n) is 8.46. The van der Waals surface area contributed by atoms with E-state index in [1.807, 2.05) is 6.07 Å². The van der Waals surface area contributed by atoms with Crippen LogP contribution in [0.5, 0.6) is 0 Å². The monoisotopic (exact) mass is 438 g/mol. The van der Waals surface area contributed by atoms with Gasteiger partial charge in [0.15, 0.2) is 0 Å². The number of hydrogen-bond donors (Lipinski definition) is 3. The van der Waals surface area contributed by atoms with Crippen molar-refractivity contribution in [2.45, 2.75) is 81.4 Å². The molecule has 1 heterocycles. The number of rotatable bonds is 8. The van der Waals surface area contributed by atoms with Gasteiger partial charge in [0.1, 0.15) is 6.10 Å². The van der Waals surface area contributed by atoms with Gasteiger partial charge in [-0.05, 0) is 50.7 Å².